The van der Waals surface area contributed by atoms with Gasteiger partial charge in [0.05, 0.1) is 11.8 Å². The number of carbonyl (C=O) groups excluding carboxylic acids is 1. The van der Waals surface area contributed by atoms with Crippen molar-refractivity contribution in [1.82, 2.24) is 25.1 Å². The van der Waals surface area contributed by atoms with Gasteiger partial charge in [-0.05, 0) is 31.5 Å². The van der Waals surface area contributed by atoms with Crippen molar-refractivity contribution in [3.63, 3.8) is 0 Å². The van der Waals surface area contributed by atoms with Gasteiger partial charge in [-0.25, -0.2) is 0 Å². The molecule has 3 rings (SSSR count). The van der Waals surface area contributed by atoms with E-state index in [1.165, 1.54) is 11.8 Å². The molecule has 0 bridgehead atoms. The molecule has 0 aliphatic rings. The molecule has 1 unspecified atom stereocenters. The third kappa shape index (κ3) is 5.30. The van der Waals surface area contributed by atoms with Gasteiger partial charge in [-0.3, -0.25) is 9.78 Å². The summed E-state index contributed by atoms with van der Waals surface area (Å²) >= 11 is 1.39. The van der Waals surface area contributed by atoms with E-state index in [2.05, 4.69) is 20.5 Å². The molecule has 0 fully saturated rings. The highest BCUT2D eigenvalue weighted by Crippen LogP contribution is 2.23. The van der Waals surface area contributed by atoms with Crippen LogP contribution >= 0.6 is 24.2 Å². The molecule has 1 amide bonds. The summed E-state index contributed by atoms with van der Waals surface area (Å²) in [6.45, 7) is 4.75. The van der Waals surface area contributed by atoms with Crippen LogP contribution in [0.1, 0.15) is 25.5 Å². The predicted octanol–water partition coefficient (Wildman–Crippen LogP) is 3.75. The summed E-state index contributed by atoms with van der Waals surface area (Å²) in [6.07, 6.45) is 3.46. The van der Waals surface area contributed by atoms with Crippen LogP contribution in [0, 0.1) is 0 Å². The maximum atomic E-state index is 12.3. The molecule has 0 aliphatic heterocycles. The third-order valence-corrected chi connectivity index (χ3v) is 4.95. The Bertz CT molecular complexity index is 857. The van der Waals surface area contributed by atoms with Gasteiger partial charge in [-0.2, -0.15) is 0 Å². The third-order valence-electron chi connectivity index (χ3n) is 3.98. The SMILES string of the molecule is CCn1c(SCC(=O)NC(C)c2ccccc2)nnc1-c1ccncc1.Cl. The van der Waals surface area contributed by atoms with Gasteiger partial charge in [0.25, 0.3) is 0 Å². The van der Waals surface area contributed by atoms with Crippen molar-refractivity contribution in [2.24, 2.45) is 0 Å². The summed E-state index contributed by atoms with van der Waals surface area (Å²) in [5.74, 6) is 1.06. The first kappa shape index (κ1) is 20.9. The molecule has 0 aliphatic carbocycles. The number of nitrogens with zero attached hydrogens (tertiary/aromatic N) is 4. The monoisotopic (exact) mass is 403 g/mol. The molecular formula is C19H22ClN5OS. The lowest BCUT2D eigenvalue weighted by Crippen LogP contribution is -2.28. The molecule has 142 valence electrons. The molecule has 8 heteroatoms. The average Bonchev–Trinajstić information content (AvgIpc) is 3.10. The summed E-state index contributed by atoms with van der Waals surface area (Å²) in [5, 5.41) is 12.3. The van der Waals surface area contributed by atoms with Crippen LogP contribution in [-0.4, -0.2) is 31.4 Å². The van der Waals surface area contributed by atoms with Gasteiger partial charge in [0.2, 0.25) is 5.91 Å². The number of rotatable bonds is 7. The molecule has 27 heavy (non-hydrogen) atoms. The number of hydrogen-bond donors (Lipinski definition) is 1. The molecular weight excluding hydrogens is 382 g/mol. The van der Waals surface area contributed by atoms with Crippen molar-refractivity contribution < 1.29 is 4.79 Å². The topological polar surface area (TPSA) is 72.7 Å². The van der Waals surface area contributed by atoms with Crippen molar-refractivity contribution >= 4 is 30.1 Å². The van der Waals surface area contributed by atoms with Crippen molar-refractivity contribution in [2.45, 2.75) is 31.6 Å². The summed E-state index contributed by atoms with van der Waals surface area (Å²) < 4.78 is 2.01. The molecule has 2 heterocycles. The molecule has 1 atom stereocenters. The van der Waals surface area contributed by atoms with Crippen LogP contribution < -0.4 is 5.32 Å². The first-order valence-corrected chi connectivity index (χ1v) is 9.48. The van der Waals surface area contributed by atoms with Crippen LogP contribution in [0.25, 0.3) is 11.4 Å². The molecule has 1 aromatic carbocycles. The fourth-order valence-corrected chi connectivity index (χ4v) is 3.45. The Morgan fingerprint density at radius 2 is 1.85 bits per heavy atom. The summed E-state index contributed by atoms with van der Waals surface area (Å²) in [5.41, 5.74) is 2.05. The van der Waals surface area contributed by atoms with Crippen LogP contribution in [0.5, 0.6) is 0 Å². The molecule has 0 radical (unpaired) electrons. The Morgan fingerprint density at radius 1 is 1.15 bits per heavy atom. The van der Waals surface area contributed by atoms with Gasteiger partial charge in [-0.1, -0.05) is 42.1 Å². The number of thioether (sulfide) groups is 1. The van der Waals surface area contributed by atoms with Crippen LogP contribution in [0.2, 0.25) is 0 Å². The number of pyridine rings is 1. The number of aromatic nitrogens is 4. The average molecular weight is 404 g/mol. The van der Waals surface area contributed by atoms with Gasteiger partial charge >= 0.3 is 0 Å². The first-order chi connectivity index (χ1) is 12.7. The lowest BCUT2D eigenvalue weighted by molar-refractivity contribution is -0.119. The summed E-state index contributed by atoms with van der Waals surface area (Å²) in [6, 6.07) is 13.7. The van der Waals surface area contributed by atoms with Crippen molar-refractivity contribution in [3.05, 3.63) is 60.4 Å². The first-order valence-electron chi connectivity index (χ1n) is 8.49. The number of amides is 1. The van der Waals surface area contributed by atoms with E-state index in [9.17, 15) is 4.79 Å². The molecule has 2 aromatic heterocycles. The van der Waals surface area contributed by atoms with E-state index in [1.54, 1.807) is 12.4 Å². The van der Waals surface area contributed by atoms with Crippen LogP contribution in [0.3, 0.4) is 0 Å². The highest BCUT2D eigenvalue weighted by molar-refractivity contribution is 7.99. The zero-order valence-corrected chi connectivity index (χ0v) is 16.8. The highest BCUT2D eigenvalue weighted by atomic mass is 35.5. The zero-order chi connectivity index (χ0) is 18.4. The fourth-order valence-electron chi connectivity index (χ4n) is 2.63. The Hall–Kier alpha value is -2.38. The Balaban J connectivity index is 0.00000261. The number of hydrogen-bond acceptors (Lipinski definition) is 5. The van der Waals surface area contributed by atoms with Crippen LogP contribution in [-0.2, 0) is 11.3 Å². The van der Waals surface area contributed by atoms with E-state index in [1.807, 2.05) is 60.9 Å². The van der Waals surface area contributed by atoms with Gasteiger partial charge in [-0.15, -0.1) is 22.6 Å². The summed E-state index contributed by atoms with van der Waals surface area (Å²) in [7, 11) is 0. The fraction of sp³-hybridized carbons (Fsp3) is 0.263. The van der Waals surface area contributed by atoms with Crippen molar-refractivity contribution in [1.29, 1.82) is 0 Å². The number of carbonyl (C=O) groups is 1. The van der Waals surface area contributed by atoms with Crippen molar-refractivity contribution in [3.8, 4) is 11.4 Å². The van der Waals surface area contributed by atoms with Crippen molar-refractivity contribution in [2.75, 3.05) is 5.75 Å². The van der Waals surface area contributed by atoms with Gasteiger partial charge in [0, 0.05) is 24.5 Å². The maximum Gasteiger partial charge on any atom is 0.230 e. The Kier molecular flexibility index (Phi) is 7.82. The molecule has 0 saturated carbocycles. The van der Waals surface area contributed by atoms with E-state index in [0.717, 1.165) is 28.7 Å². The Labute approximate surface area is 169 Å². The molecule has 1 N–H and O–H groups in total. The van der Waals surface area contributed by atoms with E-state index in [-0.39, 0.29) is 24.4 Å². The summed E-state index contributed by atoms with van der Waals surface area (Å²) in [4.78, 5) is 16.3. The largest absolute Gasteiger partial charge is 0.349 e. The van der Waals surface area contributed by atoms with E-state index in [0.29, 0.717) is 5.75 Å². The number of nitrogens with one attached hydrogen (secondary N) is 1. The maximum absolute atomic E-state index is 12.3. The minimum absolute atomic E-state index is 0. The standard InChI is InChI=1S/C19H21N5OS.ClH/c1-3-24-18(16-9-11-20-12-10-16)22-23-19(24)26-13-17(25)21-14(2)15-7-5-4-6-8-15;/h4-12,14H,3,13H2,1-2H3,(H,21,25);1H. The van der Waals surface area contributed by atoms with Crippen LogP contribution in [0.15, 0.2) is 60.0 Å². The second kappa shape index (κ2) is 10.1. The lowest BCUT2D eigenvalue weighted by atomic mass is 10.1. The van der Waals surface area contributed by atoms with E-state index >= 15 is 0 Å². The molecule has 0 spiro atoms. The van der Waals surface area contributed by atoms with Gasteiger partial charge in [0.1, 0.15) is 0 Å². The van der Waals surface area contributed by atoms with Crippen LogP contribution in [0.4, 0.5) is 0 Å². The number of halogens is 1. The lowest BCUT2D eigenvalue weighted by Gasteiger charge is -2.14. The van der Waals surface area contributed by atoms with Gasteiger partial charge in [0.15, 0.2) is 11.0 Å². The minimum atomic E-state index is -0.0271. The molecule has 0 saturated heterocycles. The second-order valence-electron chi connectivity index (χ2n) is 5.77. The number of benzene rings is 1. The van der Waals surface area contributed by atoms with E-state index < -0.39 is 0 Å². The highest BCUT2D eigenvalue weighted by Gasteiger charge is 2.15. The smallest absolute Gasteiger partial charge is 0.230 e. The zero-order valence-electron chi connectivity index (χ0n) is 15.2. The minimum Gasteiger partial charge on any atom is -0.349 e. The quantitative estimate of drug-likeness (QED) is 0.608. The molecule has 3 aromatic rings. The second-order valence-corrected chi connectivity index (χ2v) is 6.72. The predicted molar refractivity (Wildman–Crippen MR) is 110 cm³/mol. The molecule has 6 nitrogen and oxygen atoms in total. The Morgan fingerprint density at radius 3 is 2.52 bits per heavy atom. The normalized spacial score (nSPS) is 11.5. The van der Waals surface area contributed by atoms with E-state index in [4.69, 9.17) is 0 Å². The van der Waals surface area contributed by atoms with Gasteiger partial charge < -0.3 is 9.88 Å².